The number of fused-ring (bicyclic) bond motifs is 1. The maximum Gasteiger partial charge on any atom is 0.342 e. The number of allylic oxidation sites excluding steroid dienone is 1. The summed E-state index contributed by atoms with van der Waals surface area (Å²) in [7, 11) is 0. The van der Waals surface area contributed by atoms with Crippen LogP contribution in [0.5, 0.6) is 5.75 Å². The summed E-state index contributed by atoms with van der Waals surface area (Å²) in [5, 5.41) is 20.5. The molecule has 160 valence electrons. The molecule has 1 aliphatic rings. The Morgan fingerprint density at radius 1 is 1.17 bits per heavy atom. The number of phenols is 1. The van der Waals surface area contributed by atoms with Crippen LogP contribution in [-0.2, 0) is 9.53 Å². The molecule has 29 heavy (non-hydrogen) atoms. The van der Waals surface area contributed by atoms with E-state index >= 15 is 0 Å². The van der Waals surface area contributed by atoms with E-state index in [1.165, 1.54) is 6.08 Å². The van der Waals surface area contributed by atoms with Crippen molar-refractivity contribution in [1.29, 1.82) is 0 Å². The molecule has 2 rings (SSSR count). The molecule has 0 amide bonds. The topological polar surface area (TPSA) is 119 Å². The zero-order valence-electron chi connectivity index (χ0n) is 17.2. The van der Waals surface area contributed by atoms with Crippen LogP contribution in [0, 0.1) is 5.92 Å². The minimum atomic E-state index is -1.06. The highest BCUT2D eigenvalue weighted by atomic mass is 16.5. The van der Waals surface area contributed by atoms with Crippen LogP contribution in [0.15, 0.2) is 30.4 Å². The second-order valence-corrected chi connectivity index (χ2v) is 6.93. The summed E-state index contributed by atoms with van der Waals surface area (Å²) in [4.78, 5) is 26.6. The van der Waals surface area contributed by atoms with Crippen LogP contribution in [0.3, 0.4) is 0 Å². The predicted octanol–water partition coefficient (Wildman–Crippen LogP) is 2.50. The van der Waals surface area contributed by atoms with Crippen LogP contribution in [-0.4, -0.2) is 53.2 Å². The van der Waals surface area contributed by atoms with E-state index in [0.717, 1.165) is 18.8 Å². The number of aliphatic hydroxyl groups excluding tert-OH is 1. The summed E-state index contributed by atoms with van der Waals surface area (Å²) < 4.78 is 5.35. The molecule has 0 unspecified atom stereocenters. The van der Waals surface area contributed by atoms with Crippen LogP contribution in [0.2, 0.25) is 0 Å². The molecule has 0 saturated heterocycles. The summed E-state index contributed by atoms with van der Waals surface area (Å²) in [6.07, 6.45) is 6.15. The molecule has 0 aromatic heterocycles. The molecule has 0 fully saturated rings. The quantitative estimate of drug-likeness (QED) is 0.746. The van der Waals surface area contributed by atoms with Gasteiger partial charge >= 0.3 is 5.97 Å². The van der Waals surface area contributed by atoms with Crippen molar-refractivity contribution in [3.63, 3.8) is 0 Å². The van der Waals surface area contributed by atoms with Gasteiger partial charge in [0.1, 0.15) is 17.4 Å². The number of hydrogen-bond donors (Lipinski definition) is 2. The Balaban J connectivity index is 0.00000420. The van der Waals surface area contributed by atoms with E-state index < -0.39 is 12.1 Å². The molecule has 2 atom stereocenters. The Morgan fingerprint density at radius 2 is 1.86 bits per heavy atom. The van der Waals surface area contributed by atoms with Crippen LogP contribution in [0.4, 0.5) is 5.69 Å². The SMILES string of the molecule is CCN(CC)c1cc(O)c2c(c1)/C=C/CC[C@H](O)C(=O)/C=C\[C@@H](C)COC2=O.O. The molecule has 1 aromatic rings. The molecular weight excluding hydrogens is 374 g/mol. The number of aliphatic hydroxyl groups is 1. The molecule has 0 bridgehead atoms. The maximum atomic E-state index is 12.6. The number of nitrogens with zero attached hydrogens (tertiary/aromatic N) is 1. The van der Waals surface area contributed by atoms with Crippen molar-refractivity contribution in [2.45, 2.75) is 39.7 Å². The number of phenolic OH excluding ortho intramolecular Hbond substituents is 1. The average molecular weight is 405 g/mol. The maximum absolute atomic E-state index is 12.6. The molecule has 7 nitrogen and oxygen atoms in total. The zero-order chi connectivity index (χ0) is 20.7. The van der Waals surface area contributed by atoms with Gasteiger partial charge < -0.3 is 25.3 Å². The van der Waals surface area contributed by atoms with Gasteiger partial charge in [-0.2, -0.15) is 0 Å². The minimum absolute atomic E-state index is 0. The number of aromatic hydroxyl groups is 1. The third kappa shape index (κ3) is 6.44. The fourth-order valence-electron chi connectivity index (χ4n) is 3.07. The first-order chi connectivity index (χ1) is 13.4. The Bertz CT molecular complexity index is 767. The molecule has 7 heteroatoms. The molecule has 0 saturated carbocycles. The van der Waals surface area contributed by atoms with Crippen LogP contribution in [0.1, 0.15) is 49.5 Å². The first-order valence-corrected chi connectivity index (χ1v) is 9.73. The Hall–Kier alpha value is -2.64. The van der Waals surface area contributed by atoms with E-state index in [0.29, 0.717) is 12.0 Å². The summed E-state index contributed by atoms with van der Waals surface area (Å²) in [6.45, 7) is 7.44. The Morgan fingerprint density at radius 3 is 2.52 bits per heavy atom. The fraction of sp³-hybridized carbons (Fsp3) is 0.455. The van der Waals surface area contributed by atoms with Crippen LogP contribution < -0.4 is 4.90 Å². The lowest BCUT2D eigenvalue weighted by atomic mass is 10.0. The number of ketones is 1. The van der Waals surface area contributed by atoms with E-state index in [1.807, 2.05) is 19.9 Å². The zero-order valence-corrected chi connectivity index (χ0v) is 17.2. The van der Waals surface area contributed by atoms with Gasteiger partial charge in [0, 0.05) is 30.8 Å². The van der Waals surface area contributed by atoms with Crippen LogP contribution >= 0.6 is 0 Å². The molecule has 1 aromatic carbocycles. The average Bonchev–Trinajstić information content (AvgIpc) is 2.67. The van der Waals surface area contributed by atoms with E-state index in [9.17, 15) is 19.8 Å². The largest absolute Gasteiger partial charge is 0.507 e. The smallest absolute Gasteiger partial charge is 0.342 e. The number of rotatable bonds is 3. The second-order valence-electron chi connectivity index (χ2n) is 6.93. The predicted molar refractivity (Wildman–Crippen MR) is 113 cm³/mol. The third-order valence-electron chi connectivity index (χ3n) is 4.76. The second kappa shape index (κ2) is 11.4. The fourth-order valence-corrected chi connectivity index (χ4v) is 3.07. The molecular formula is C22H31NO6. The minimum Gasteiger partial charge on any atom is -0.507 e. The lowest BCUT2D eigenvalue weighted by Crippen LogP contribution is -2.22. The first kappa shape index (κ1) is 24.4. The highest BCUT2D eigenvalue weighted by Crippen LogP contribution is 2.31. The van der Waals surface area contributed by atoms with Gasteiger partial charge in [-0.15, -0.1) is 0 Å². The van der Waals surface area contributed by atoms with E-state index in [-0.39, 0.29) is 41.5 Å². The van der Waals surface area contributed by atoms with Crippen molar-refractivity contribution in [2.75, 3.05) is 24.6 Å². The van der Waals surface area contributed by atoms with Crippen molar-refractivity contribution < 1.29 is 30.0 Å². The van der Waals surface area contributed by atoms with Crippen molar-refractivity contribution in [3.8, 4) is 5.75 Å². The molecule has 0 aliphatic carbocycles. The molecule has 0 radical (unpaired) electrons. The standard InChI is InChI=1S/C22H29NO5.H2O/c1-4-23(5-2)17-12-16-8-6-7-9-18(24)19(25)11-10-15(3)14-28-22(27)21(16)20(26)13-17;/h6,8,10-13,15,18,24,26H,4-5,7,9,14H2,1-3H3;1H2/b8-6+,11-10-;/t15-,18+;/m1./s1. The van der Waals surface area contributed by atoms with Crippen molar-refractivity contribution >= 4 is 23.5 Å². The highest BCUT2D eigenvalue weighted by Gasteiger charge is 2.20. The number of ether oxygens (including phenoxy) is 1. The van der Waals surface area contributed by atoms with Crippen molar-refractivity contribution in [1.82, 2.24) is 0 Å². The van der Waals surface area contributed by atoms with Gasteiger partial charge in [0.15, 0.2) is 5.78 Å². The van der Waals surface area contributed by atoms with E-state index in [4.69, 9.17) is 4.74 Å². The van der Waals surface area contributed by atoms with Crippen molar-refractivity contribution in [3.05, 3.63) is 41.5 Å². The van der Waals surface area contributed by atoms with Gasteiger partial charge in [0.25, 0.3) is 0 Å². The number of anilines is 1. The molecule has 4 N–H and O–H groups in total. The molecule has 1 heterocycles. The van der Waals surface area contributed by atoms with E-state index in [2.05, 4.69) is 4.90 Å². The molecule has 0 spiro atoms. The number of hydrogen-bond acceptors (Lipinski definition) is 6. The van der Waals surface area contributed by atoms with Gasteiger partial charge in [-0.1, -0.05) is 25.2 Å². The number of benzene rings is 1. The lowest BCUT2D eigenvalue weighted by molar-refractivity contribution is -0.122. The first-order valence-electron chi connectivity index (χ1n) is 9.73. The van der Waals surface area contributed by atoms with Crippen LogP contribution in [0.25, 0.3) is 6.08 Å². The molecule has 1 aliphatic heterocycles. The van der Waals surface area contributed by atoms with E-state index in [1.54, 1.807) is 31.2 Å². The third-order valence-corrected chi connectivity index (χ3v) is 4.76. The highest BCUT2D eigenvalue weighted by molar-refractivity contribution is 5.97. The lowest BCUT2D eigenvalue weighted by Gasteiger charge is -2.23. The Labute approximate surface area is 171 Å². The number of carbonyl (C=O) groups excluding carboxylic acids is 2. The van der Waals surface area contributed by atoms with Gasteiger partial charge in [-0.25, -0.2) is 4.79 Å². The number of carbonyl (C=O) groups is 2. The normalized spacial score (nSPS) is 22.5. The number of cyclic esters (lactones) is 1. The summed E-state index contributed by atoms with van der Waals surface area (Å²) >= 11 is 0. The van der Waals surface area contributed by atoms with Gasteiger partial charge in [0.05, 0.1) is 6.61 Å². The Kier molecular flexibility index (Phi) is 9.58. The monoisotopic (exact) mass is 405 g/mol. The summed E-state index contributed by atoms with van der Waals surface area (Å²) in [5.41, 5.74) is 1.48. The summed E-state index contributed by atoms with van der Waals surface area (Å²) in [5.74, 6) is -1.28. The summed E-state index contributed by atoms with van der Waals surface area (Å²) in [6, 6.07) is 3.42. The van der Waals surface area contributed by atoms with Gasteiger partial charge in [-0.05, 0) is 44.4 Å². The van der Waals surface area contributed by atoms with Gasteiger partial charge in [0.2, 0.25) is 0 Å². The van der Waals surface area contributed by atoms with Crippen molar-refractivity contribution in [2.24, 2.45) is 5.92 Å². The van der Waals surface area contributed by atoms with Gasteiger partial charge in [-0.3, -0.25) is 4.79 Å². The number of esters is 1.